The van der Waals surface area contributed by atoms with Crippen molar-refractivity contribution in [3.63, 3.8) is 0 Å². The molecule has 0 amide bonds. The van der Waals surface area contributed by atoms with E-state index in [4.69, 9.17) is 0 Å². The highest BCUT2D eigenvalue weighted by molar-refractivity contribution is 6.50. The third kappa shape index (κ3) is 3.56. The molecular formula is C15H34N6Si. The van der Waals surface area contributed by atoms with Gasteiger partial charge in [0.1, 0.15) is 0 Å². The second kappa shape index (κ2) is 7.70. The summed E-state index contributed by atoms with van der Waals surface area (Å²) in [6.07, 6.45) is 0. The summed E-state index contributed by atoms with van der Waals surface area (Å²) in [5.74, 6) is 0. The molecule has 3 aliphatic heterocycles. The fraction of sp³-hybridized carbons (Fsp3) is 1.00. The molecule has 3 saturated heterocycles. The van der Waals surface area contributed by atoms with E-state index in [1.807, 2.05) is 0 Å². The topological polar surface area (TPSA) is 45.8 Å². The van der Waals surface area contributed by atoms with Crippen molar-refractivity contribution >= 4 is 9.28 Å². The fourth-order valence-corrected chi connectivity index (χ4v) is 8.08. The van der Waals surface area contributed by atoms with E-state index in [0.717, 1.165) is 39.3 Å². The summed E-state index contributed by atoms with van der Waals surface area (Å²) in [5, 5.41) is 10.7. The smallest absolute Gasteiger partial charge is 0.273 e. The summed E-state index contributed by atoms with van der Waals surface area (Å²) in [4.78, 5) is 0. The van der Waals surface area contributed by atoms with Crippen molar-refractivity contribution in [2.24, 2.45) is 0 Å². The Morgan fingerprint density at radius 3 is 1.23 bits per heavy atom. The summed E-state index contributed by atoms with van der Waals surface area (Å²) in [5.41, 5.74) is 0. The van der Waals surface area contributed by atoms with Gasteiger partial charge in [-0.1, -0.05) is 0 Å². The SMILES string of the molecule is CC1CNCCN1[SiH](N1CCNCC1C)N1CCNCC1C. The van der Waals surface area contributed by atoms with Gasteiger partial charge in [0.15, 0.2) is 0 Å². The van der Waals surface area contributed by atoms with Gasteiger partial charge in [0.2, 0.25) is 0 Å². The first-order valence-corrected chi connectivity index (χ1v) is 10.6. The van der Waals surface area contributed by atoms with Crippen molar-refractivity contribution in [1.29, 1.82) is 0 Å². The van der Waals surface area contributed by atoms with Crippen LogP contribution < -0.4 is 16.0 Å². The minimum absolute atomic E-state index is 0.662. The molecule has 128 valence electrons. The lowest BCUT2D eigenvalue weighted by molar-refractivity contribution is 0.152. The Morgan fingerprint density at radius 1 is 0.636 bits per heavy atom. The molecule has 22 heavy (non-hydrogen) atoms. The Kier molecular flexibility index (Phi) is 5.89. The van der Waals surface area contributed by atoms with Crippen LogP contribution in [0.15, 0.2) is 0 Å². The van der Waals surface area contributed by atoms with Gasteiger partial charge in [-0.05, 0) is 20.8 Å². The van der Waals surface area contributed by atoms with Gasteiger partial charge in [-0.15, -0.1) is 0 Å². The highest BCUT2D eigenvalue weighted by Gasteiger charge is 2.41. The standard InChI is InChI=1S/C15H34N6Si/c1-13-10-16-4-7-19(13)22(20-8-5-17-11-14(20)2)21-9-6-18-12-15(21)3/h13-18,22H,4-12H2,1-3H3. The lowest BCUT2D eigenvalue weighted by atomic mass is 10.3. The van der Waals surface area contributed by atoms with E-state index in [9.17, 15) is 0 Å². The van der Waals surface area contributed by atoms with Crippen molar-refractivity contribution in [2.45, 2.75) is 38.9 Å². The molecular weight excluding hydrogens is 292 g/mol. The number of hydrogen-bond acceptors (Lipinski definition) is 6. The van der Waals surface area contributed by atoms with Gasteiger partial charge in [-0.3, -0.25) is 13.7 Å². The second-order valence-electron chi connectivity index (χ2n) is 7.22. The van der Waals surface area contributed by atoms with Crippen LogP contribution >= 0.6 is 0 Å². The van der Waals surface area contributed by atoms with Crippen molar-refractivity contribution in [3.05, 3.63) is 0 Å². The predicted molar refractivity (Wildman–Crippen MR) is 94.3 cm³/mol. The molecule has 7 heteroatoms. The van der Waals surface area contributed by atoms with E-state index in [2.05, 4.69) is 50.4 Å². The van der Waals surface area contributed by atoms with Gasteiger partial charge in [0.05, 0.1) is 0 Å². The van der Waals surface area contributed by atoms with E-state index in [0.29, 0.717) is 18.1 Å². The van der Waals surface area contributed by atoms with Gasteiger partial charge in [0, 0.05) is 77.0 Å². The Morgan fingerprint density at radius 2 is 0.955 bits per heavy atom. The average Bonchev–Trinajstić information content (AvgIpc) is 2.53. The lowest BCUT2D eigenvalue weighted by Crippen LogP contribution is -2.75. The number of nitrogens with one attached hydrogen (secondary N) is 3. The molecule has 3 unspecified atom stereocenters. The van der Waals surface area contributed by atoms with Crippen LogP contribution in [0.2, 0.25) is 0 Å². The number of hydrogen-bond donors (Lipinski definition) is 3. The van der Waals surface area contributed by atoms with Crippen LogP contribution in [-0.4, -0.2) is 100 Å². The van der Waals surface area contributed by atoms with E-state index in [1.165, 1.54) is 19.6 Å². The zero-order valence-electron chi connectivity index (χ0n) is 14.5. The summed E-state index contributed by atoms with van der Waals surface area (Å²) < 4.78 is 8.63. The van der Waals surface area contributed by atoms with E-state index in [-0.39, 0.29) is 0 Å². The molecule has 3 aliphatic rings. The molecule has 6 nitrogen and oxygen atoms in total. The van der Waals surface area contributed by atoms with Gasteiger partial charge >= 0.3 is 0 Å². The van der Waals surface area contributed by atoms with Gasteiger partial charge in [0.25, 0.3) is 9.28 Å². The van der Waals surface area contributed by atoms with Crippen LogP contribution in [0.5, 0.6) is 0 Å². The third-order valence-electron chi connectivity index (χ3n) is 5.55. The Hall–Kier alpha value is -0.0231. The lowest BCUT2D eigenvalue weighted by Gasteiger charge is -2.53. The maximum Gasteiger partial charge on any atom is 0.273 e. The first kappa shape index (κ1) is 16.8. The minimum atomic E-state index is -1.27. The maximum absolute atomic E-state index is 3.57. The van der Waals surface area contributed by atoms with E-state index in [1.54, 1.807) is 0 Å². The Bertz CT molecular complexity index is 305. The van der Waals surface area contributed by atoms with Crippen LogP contribution in [0.3, 0.4) is 0 Å². The first-order chi connectivity index (χ1) is 10.7. The molecule has 3 rings (SSSR count). The van der Waals surface area contributed by atoms with Crippen LogP contribution in [0.25, 0.3) is 0 Å². The van der Waals surface area contributed by atoms with Gasteiger partial charge < -0.3 is 16.0 Å². The normalized spacial score (nSPS) is 38.0. The zero-order valence-corrected chi connectivity index (χ0v) is 15.7. The van der Waals surface area contributed by atoms with Crippen LogP contribution in [0.1, 0.15) is 20.8 Å². The molecule has 0 bridgehead atoms. The van der Waals surface area contributed by atoms with Gasteiger partial charge in [-0.25, -0.2) is 0 Å². The molecule has 0 radical (unpaired) electrons. The van der Waals surface area contributed by atoms with Crippen molar-refractivity contribution in [3.8, 4) is 0 Å². The first-order valence-electron chi connectivity index (χ1n) is 9.08. The summed E-state index contributed by atoms with van der Waals surface area (Å²) >= 11 is 0. The second-order valence-corrected chi connectivity index (χ2v) is 9.90. The minimum Gasteiger partial charge on any atom is -0.314 e. The quantitative estimate of drug-likeness (QED) is 0.554. The molecule has 0 aliphatic carbocycles. The molecule has 3 N–H and O–H groups in total. The zero-order chi connectivity index (χ0) is 15.5. The fourth-order valence-electron chi connectivity index (χ4n) is 4.17. The summed E-state index contributed by atoms with van der Waals surface area (Å²) in [7, 11) is -1.27. The number of rotatable bonds is 3. The Balaban J connectivity index is 1.83. The van der Waals surface area contributed by atoms with Crippen molar-refractivity contribution < 1.29 is 0 Å². The molecule has 0 aromatic carbocycles. The number of piperazine rings is 3. The largest absolute Gasteiger partial charge is 0.314 e. The molecule has 3 heterocycles. The molecule has 3 fully saturated rings. The average molecular weight is 327 g/mol. The Labute approximate surface area is 137 Å². The highest BCUT2D eigenvalue weighted by atomic mass is 28.3. The van der Waals surface area contributed by atoms with Crippen molar-refractivity contribution in [2.75, 3.05) is 58.9 Å². The van der Waals surface area contributed by atoms with E-state index < -0.39 is 9.28 Å². The van der Waals surface area contributed by atoms with Gasteiger partial charge in [-0.2, -0.15) is 0 Å². The monoisotopic (exact) mass is 326 g/mol. The van der Waals surface area contributed by atoms with Crippen LogP contribution in [0.4, 0.5) is 0 Å². The summed E-state index contributed by atoms with van der Waals surface area (Å²) in [6, 6.07) is 1.98. The molecule has 0 aromatic heterocycles. The van der Waals surface area contributed by atoms with Crippen LogP contribution in [-0.2, 0) is 0 Å². The van der Waals surface area contributed by atoms with E-state index >= 15 is 0 Å². The van der Waals surface area contributed by atoms with Crippen LogP contribution in [0, 0.1) is 0 Å². The summed E-state index contributed by atoms with van der Waals surface area (Å²) in [6.45, 7) is 17.7. The molecule has 0 spiro atoms. The highest BCUT2D eigenvalue weighted by Crippen LogP contribution is 2.19. The van der Waals surface area contributed by atoms with Crippen molar-refractivity contribution in [1.82, 2.24) is 29.6 Å². The predicted octanol–water partition coefficient (Wildman–Crippen LogP) is -1.42. The molecule has 0 aromatic rings. The molecule has 0 saturated carbocycles. The maximum atomic E-state index is 3.57. The number of nitrogens with zero attached hydrogens (tertiary/aromatic N) is 3. The third-order valence-corrected chi connectivity index (χ3v) is 9.63. The molecule has 3 atom stereocenters.